The summed E-state index contributed by atoms with van der Waals surface area (Å²) >= 11 is 1.35. The molecule has 0 aliphatic rings. The zero-order valence-corrected chi connectivity index (χ0v) is 19.7. The van der Waals surface area contributed by atoms with Gasteiger partial charge < -0.3 is 10.1 Å². The predicted octanol–water partition coefficient (Wildman–Crippen LogP) is 5.41. The van der Waals surface area contributed by atoms with Crippen molar-refractivity contribution in [2.24, 2.45) is 0 Å². The van der Waals surface area contributed by atoms with Gasteiger partial charge in [-0.25, -0.2) is 9.67 Å². The van der Waals surface area contributed by atoms with Crippen LogP contribution >= 0.6 is 11.3 Å². The summed E-state index contributed by atoms with van der Waals surface area (Å²) in [6, 6.07) is 15.8. The standard InChI is InChI=1S/C25H26N4O2S/c1-15-8-6-7-9-22(15)27-24(30)23-17(3)26-25(32-23)29-18(4)21(16(2)28-29)14-19-10-12-20(31-5)13-11-19/h6-13H,14H2,1-5H3,(H,27,30). The number of ether oxygens (including phenoxy) is 1. The third-order valence-electron chi connectivity index (χ3n) is 5.55. The average Bonchev–Trinajstić information content (AvgIpc) is 3.30. The van der Waals surface area contributed by atoms with Crippen LogP contribution in [0.1, 0.15) is 43.4 Å². The summed E-state index contributed by atoms with van der Waals surface area (Å²) in [5.74, 6) is 0.688. The average molecular weight is 447 g/mol. The molecule has 0 fully saturated rings. The van der Waals surface area contributed by atoms with Gasteiger partial charge in [-0.2, -0.15) is 5.10 Å². The normalized spacial score (nSPS) is 10.9. The molecule has 0 unspecified atom stereocenters. The van der Waals surface area contributed by atoms with Crippen molar-refractivity contribution >= 4 is 22.9 Å². The lowest BCUT2D eigenvalue weighted by Crippen LogP contribution is -2.12. The number of aryl methyl sites for hydroxylation is 3. The van der Waals surface area contributed by atoms with Crippen LogP contribution in [-0.2, 0) is 6.42 Å². The molecule has 0 bridgehead atoms. The smallest absolute Gasteiger partial charge is 0.267 e. The highest BCUT2D eigenvalue weighted by Crippen LogP contribution is 2.27. The van der Waals surface area contributed by atoms with Crippen molar-refractivity contribution in [2.75, 3.05) is 12.4 Å². The number of hydrogen-bond acceptors (Lipinski definition) is 5. The number of carbonyl (C=O) groups excluding carboxylic acids is 1. The molecule has 2 heterocycles. The van der Waals surface area contributed by atoms with Crippen molar-refractivity contribution in [1.82, 2.24) is 14.8 Å². The van der Waals surface area contributed by atoms with Gasteiger partial charge in [-0.05, 0) is 57.0 Å². The van der Waals surface area contributed by atoms with Gasteiger partial charge in [0.05, 0.1) is 18.5 Å². The molecule has 164 valence electrons. The third-order valence-corrected chi connectivity index (χ3v) is 6.68. The highest BCUT2D eigenvalue weighted by molar-refractivity contribution is 7.16. The molecule has 0 aliphatic heterocycles. The van der Waals surface area contributed by atoms with Gasteiger partial charge in [-0.3, -0.25) is 4.79 Å². The van der Waals surface area contributed by atoms with Crippen LogP contribution in [0.4, 0.5) is 5.69 Å². The number of methoxy groups -OCH3 is 1. The van der Waals surface area contributed by atoms with Crippen LogP contribution in [0.15, 0.2) is 48.5 Å². The van der Waals surface area contributed by atoms with E-state index in [1.807, 2.05) is 68.8 Å². The molecule has 7 heteroatoms. The van der Waals surface area contributed by atoms with Crippen molar-refractivity contribution < 1.29 is 9.53 Å². The van der Waals surface area contributed by atoms with Crippen LogP contribution < -0.4 is 10.1 Å². The van der Waals surface area contributed by atoms with Crippen LogP contribution in [0, 0.1) is 27.7 Å². The molecule has 0 spiro atoms. The van der Waals surface area contributed by atoms with Gasteiger partial charge in [-0.15, -0.1) is 0 Å². The second-order valence-electron chi connectivity index (χ2n) is 7.77. The Balaban J connectivity index is 1.60. The molecule has 1 N–H and O–H groups in total. The molecule has 0 saturated carbocycles. The first kappa shape index (κ1) is 21.8. The second kappa shape index (κ2) is 8.96. The van der Waals surface area contributed by atoms with E-state index in [1.54, 1.807) is 7.11 Å². The topological polar surface area (TPSA) is 69.0 Å². The number of rotatable bonds is 6. The van der Waals surface area contributed by atoms with Gasteiger partial charge in [0.15, 0.2) is 0 Å². The Morgan fingerprint density at radius 2 is 1.75 bits per heavy atom. The highest BCUT2D eigenvalue weighted by atomic mass is 32.1. The first-order valence-corrected chi connectivity index (χ1v) is 11.2. The molecule has 2 aromatic carbocycles. The lowest BCUT2D eigenvalue weighted by atomic mass is 10.0. The molecule has 2 aromatic heterocycles. The van der Waals surface area contributed by atoms with Gasteiger partial charge >= 0.3 is 0 Å². The Bertz CT molecular complexity index is 1270. The Morgan fingerprint density at radius 3 is 2.44 bits per heavy atom. The Morgan fingerprint density at radius 1 is 1.03 bits per heavy atom. The summed E-state index contributed by atoms with van der Waals surface area (Å²) in [5, 5.41) is 8.42. The van der Waals surface area contributed by atoms with E-state index in [2.05, 4.69) is 22.4 Å². The van der Waals surface area contributed by atoms with Crippen molar-refractivity contribution in [2.45, 2.75) is 34.1 Å². The number of para-hydroxylation sites is 1. The van der Waals surface area contributed by atoms with Gasteiger partial charge in [0.2, 0.25) is 5.13 Å². The number of nitrogens with zero attached hydrogens (tertiary/aromatic N) is 3. The molecule has 4 aromatic rings. The fourth-order valence-corrected chi connectivity index (χ4v) is 4.61. The van der Waals surface area contributed by atoms with Crippen LogP contribution in [0.3, 0.4) is 0 Å². The van der Waals surface area contributed by atoms with E-state index in [-0.39, 0.29) is 5.91 Å². The van der Waals surface area contributed by atoms with E-state index in [0.717, 1.165) is 40.4 Å². The molecule has 0 atom stereocenters. The molecule has 32 heavy (non-hydrogen) atoms. The molecule has 0 saturated heterocycles. The number of carbonyl (C=O) groups is 1. The Labute approximate surface area is 191 Å². The SMILES string of the molecule is COc1ccc(Cc2c(C)nn(-c3nc(C)c(C(=O)Nc4ccccc4C)s3)c2C)cc1. The highest BCUT2D eigenvalue weighted by Gasteiger charge is 2.20. The maximum Gasteiger partial charge on any atom is 0.267 e. The van der Waals surface area contributed by atoms with Crippen molar-refractivity contribution in [3.8, 4) is 10.9 Å². The van der Waals surface area contributed by atoms with E-state index in [1.165, 1.54) is 16.9 Å². The zero-order chi connectivity index (χ0) is 22.8. The summed E-state index contributed by atoms with van der Waals surface area (Å²) < 4.78 is 7.09. The molecule has 6 nitrogen and oxygen atoms in total. The van der Waals surface area contributed by atoms with Gasteiger partial charge in [0.25, 0.3) is 5.91 Å². The van der Waals surface area contributed by atoms with Gasteiger partial charge in [-0.1, -0.05) is 41.7 Å². The quantitative estimate of drug-likeness (QED) is 0.430. The monoisotopic (exact) mass is 446 g/mol. The zero-order valence-electron chi connectivity index (χ0n) is 18.9. The maximum absolute atomic E-state index is 12.9. The van der Waals surface area contributed by atoms with E-state index in [4.69, 9.17) is 9.84 Å². The number of amides is 1. The Hall–Kier alpha value is -3.45. The fraction of sp³-hybridized carbons (Fsp3) is 0.240. The lowest BCUT2D eigenvalue weighted by Gasteiger charge is -2.06. The first-order valence-electron chi connectivity index (χ1n) is 10.4. The summed E-state index contributed by atoms with van der Waals surface area (Å²) in [6.07, 6.45) is 0.770. The van der Waals surface area contributed by atoms with Crippen LogP contribution in [-0.4, -0.2) is 27.8 Å². The van der Waals surface area contributed by atoms with Gasteiger partial charge in [0.1, 0.15) is 10.6 Å². The Kier molecular flexibility index (Phi) is 6.10. The number of thiazole rings is 1. The summed E-state index contributed by atoms with van der Waals surface area (Å²) in [7, 11) is 1.67. The minimum absolute atomic E-state index is 0.152. The largest absolute Gasteiger partial charge is 0.497 e. The summed E-state index contributed by atoms with van der Waals surface area (Å²) in [5.41, 5.74) is 6.85. The minimum Gasteiger partial charge on any atom is -0.497 e. The first-order chi connectivity index (χ1) is 15.4. The lowest BCUT2D eigenvalue weighted by molar-refractivity contribution is 0.102. The molecule has 0 aliphatic carbocycles. The molecular weight excluding hydrogens is 420 g/mol. The third kappa shape index (κ3) is 4.29. The van der Waals surface area contributed by atoms with E-state index < -0.39 is 0 Å². The van der Waals surface area contributed by atoms with Crippen LogP contribution in [0.2, 0.25) is 0 Å². The van der Waals surface area contributed by atoms with Crippen LogP contribution in [0.25, 0.3) is 5.13 Å². The van der Waals surface area contributed by atoms with Gasteiger partial charge in [0, 0.05) is 23.4 Å². The van der Waals surface area contributed by atoms with Crippen molar-refractivity contribution in [3.05, 3.63) is 87.2 Å². The fourth-order valence-electron chi connectivity index (χ4n) is 3.64. The van der Waals surface area contributed by atoms with Crippen molar-refractivity contribution in [3.63, 3.8) is 0 Å². The molecule has 0 radical (unpaired) electrons. The predicted molar refractivity (Wildman–Crippen MR) is 128 cm³/mol. The van der Waals surface area contributed by atoms with E-state index >= 15 is 0 Å². The number of hydrogen-bond donors (Lipinski definition) is 1. The molecule has 1 amide bonds. The number of aromatic nitrogens is 3. The van der Waals surface area contributed by atoms with E-state index in [9.17, 15) is 4.79 Å². The summed E-state index contributed by atoms with van der Waals surface area (Å²) in [6.45, 7) is 7.88. The minimum atomic E-state index is -0.152. The number of benzene rings is 2. The maximum atomic E-state index is 12.9. The molecule has 4 rings (SSSR count). The summed E-state index contributed by atoms with van der Waals surface area (Å²) in [4.78, 5) is 18.1. The number of anilines is 1. The van der Waals surface area contributed by atoms with Crippen LogP contribution in [0.5, 0.6) is 5.75 Å². The number of nitrogens with one attached hydrogen (secondary N) is 1. The van der Waals surface area contributed by atoms with E-state index in [0.29, 0.717) is 15.7 Å². The second-order valence-corrected chi connectivity index (χ2v) is 8.74. The van der Waals surface area contributed by atoms with Crippen molar-refractivity contribution in [1.29, 1.82) is 0 Å². The molecular formula is C25H26N4O2S.